The lowest BCUT2D eigenvalue weighted by Crippen LogP contribution is -2.54. The normalized spacial score (nSPS) is 25.0. The van der Waals surface area contributed by atoms with Gasteiger partial charge in [-0.05, 0) is 25.0 Å². The van der Waals surface area contributed by atoms with Gasteiger partial charge in [-0.3, -0.25) is 10.3 Å². The van der Waals surface area contributed by atoms with E-state index >= 15 is 0 Å². The number of aliphatic hydroxyl groups is 1. The van der Waals surface area contributed by atoms with E-state index < -0.39 is 0 Å². The molecule has 2 fully saturated rings. The Morgan fingerprint density at radius 3 is 2.68 bits per heavy atom. The molecule has 0 radical (unpaired) electrons. The quantitative estimate of drug-likeness (QED) is 0.575. The molecule has 2 aromatic rings. The van der Waals surface area contributed by atoms with E-state index in [-0.39, 0.29) is 6.61 Å². The molecule has 0 spiro atoms. The summed E-state index contributed by atoms with van der Waals surface area (Å²) < 4.78 is 5.84. The monoisotopic (exact) mass is 424 g/mol. The SMILES string of the molecule is CCOc1ccccc1CN1CCN(CC2CNNC2c2ccccc2)CC1CCO. The van der Waals surface area contributed by atoms with E-state index in [1.165, 1.54) is 11.1 Å². The van der Waals surface area contributed by atoms with Gasteiger partial charge in [0.15, 0.2) is 0 Å². The summed E-state index contributed by atoms with van der Waals surface area (Å²) >= 11 is 0. The van der Waals surface area contributed by atoms with Gasteiger partial charge in [-0.2, -0.15) is 0 Å². The number of para-hydroxylation sites is 1. The van der Waals surface area contributed by atoms with Crippen LogP contribution in [0.2, 0.25) is 0 Å². The topological polar surface area (TPSA) is 60.0 Å². The van der Waals surface area contributed by atoms with E-state index in [0.29, 0.717) is 24.6 Å². The molecular formula is C25H36N4O2. The van der Waals surface area contributed by atoms with E-state index in [4.69, 9.17) is 4.74 Å². The summed E-state index contributed by atoms with van der Waals surface area (Å²) in [5.41, 5.74) is 9.41. The summed E-state index contributed by atoms with van der Waals surface area (Å²) in [6.45, 7) is 8.89. The van der Waals surface area contributed by atoms with Gasteiger partial charge in [0.05, 0.1) is 12.6 Å². The summed E-state index contributed by atoms with van der Waals surface area (Å²) in [4.78, 5) is 5.10. The lowest BCUT2D eigenvalue weighted by atomic mass is 9.94. The highest BCUT2D eigenvalue weighted by atomic mass is 16.5. The fourth-order valence-electron chi connectivity index (χ4n) is 4.96. The second kappa shape index (κ2) is 11.1. The Hall–Kier alpha value is -1.96. The number of hydrazine groups is 1. The molecule has 168 valence electrons. The number of ether oxygens (including phenoxy) is 1. The molecule has 3 unspecified atom stereocenters. The van der Waals surface area contributed by atoms with Crippen LogP contribution in [-0.4, -0.2) is 66.9 Å². The van der Waals surface area contributed by atoms with Crippen molar-refractivity contribution in [2.24, 2.45) is 5.92 Å². The molecule has 2 saturated heterocycles. The first-order valence-corrected chi connectivity index (χ1v) is 11.6. The van der Waals surface area contributed by atoms with E-state index in [1.54, 1.807) is 0 Å². The van der Waals surface area contributed by atoms with Crippen LogP contribution < -0.4 is 15.6 Å². The van der Waals surface area contributed by atoms with Gasteiger partial charge < -0.3 is 14.7 Å². The van der Waals surface area contributed by atoms with E-state index in [2.05, 4.69) is 69.2 Å². The van der Waals surface area contributed by atoms with Crippen LogP contribution in [0.5, 0.6) is 5.75 Å². The number of benzene rings is 2. The summed E-state index contributed by atoms with van der Waals surface area (Å²) in [5.74, 6) is 1.51. The third kappa shape index (κ3) is 5.64. The number of piperazine rings is 1. The Balaban J connectivity index is 1.39. The molecule has 2 aliphatic rings. The molecule has 0 bridgehead atoms. The second-order valence-corrected chi connectivity index (χ2v) is 8.61. The van der Waals surface area contributed by atoms with Crippen LogP contribution in [-0.2, 0) is 6.54 Å². The summed E-state index contributed by atoms with van der Waals surface area (Å²) in [7, 11) is 0. The van der Waals surface area contributed by atoms with Crippen molar-refractivity contribution in [3.05, 3.63) is 65.7 Å². The van der Waals surface area contributed by atoms with E-state index in [9.17, 15) is 5.11 Å². The van der Waals surface area contributed by atoms with Crippen LogP contribution in [0.4, 0.5) is 0 Å². The van der Waals surface area contributed by atoms with Gasteiger partial charge in [0.2, 0.25) is 0 Å². The zero-order chi connectivity index (χ0) is 21.5. The van der Waals surface area contributed by atoms with Crippen molar-refractivity contribution in [1.82, 2.24) is 20.7 Å². The predicted octanol–water partition coefficient (Wildman–Crippen LogP) is 2.42. The molecule has 2 aromatic carbocycles. The van der Waals surface area contributed by atoms with Crippen molar-refractivity contribution >= 4 is 0 Å². The van der Waals surface area contributed by atoms with Crippen molar-refractivity contribution in [3.63, 3.8) is 0 Å². The number of aliphatic hydroxyl groups excluding tert-OH is 1. The van der Waals surface area contributed by atoms with Crippen LogP contribution in [0.3, 0.4) is 0 Å². The molecule has 0 amide bonds. The Kier molecular flexibility index (Phi) is 7.94. The highest BCUT2D eigenvalue weighted by Gasteiger charge is 2.33. The number of rotatable bonds is 9. The molecule has 0 aliphatic carbocycles. The van der Waals surface area contributed by atoms with Crippen molar-refractivity contribution in [2.45, 2.75) is 32.0 Å². The maximum atomic E-state index is 9.71. The molecule has 31 heavy (non-hydrogen) atoms. The predicted molar refractivity (Wildman–Crippen MR) is 124 cm³/mol. The molecule has 2 heterocycles. The second-order valence-electron chi connectivity index (χ2n) is 8.61. The van der Waals surface area contributed by atoms with Gasteiger partial charge in [0.1, 0.15) is 5.75 Å². The van der Waals surface area contributed by atoms with Gasteiger partial charge in [0, 0.05) is 63.4 Å². The molecule has 3 atom stereocenters. The molecule has 4 rings (SSSR count). The zero-order valence-electron chi connectivity index (χ0n) is 18.5. The van der Waals surface area contributed by atoms with Crippen LogP contribution >= 0.6 is 0 Å². The minimum atomic E-state index is 0.224. The number of hydrogen-bond acceptors (Lipinski definition) is 6. The first-order chi connectivity index (χ1) is 15.3. The summed E-state index contributed by atoms with van der Waals surface area (Å²) in [5, 5.41) is 9.71. The molecule has 3 N–H and O–H groups in total. The smallest absolute Gasteiger partial charge is 0.123 e. The van der Waals surface area contributed by atoms with Gasteiger partial charge in [-0.1, -0.05) is 48.5 Å². The number of nitrogens with zero attached hydrogens (tertiary/aromatic N) is 2. The minimum absolute atomic E-state index is 0.224. The van der Waals surface area contributed by atoms with Crippen molar-refractivity contribution < 1.29 is 9.84 Å². The van der Waals surface area contributed by atoms with Gasteiger partial charge >= 0.3 is 0 Å². The van der Waals surface area contributed by atoms with Crippen molar-refractivity contribution in [2.75, 3.05) is 45.9 Å². The van der Waals surface area contributed by atoms with Crippen molar-refractivity contribution in [1.29, 1.82) is 0 Å². The molecule has 6 nitrogen and oxygen atoms in total. The fraction of sp³-hybridized carbons (Fsp3) is 0.520. The molecular weight excluding hydrogens is 388 g/mol. The lowest BCUT2D eigenvalue weighted by Gasteiger charge is -2.42. The van der Waals surface area contributed by atoms with Gasteiger partial charge in [0.25, 0.3) is 0 Å². The Labute approximate surface area is 186 Å². The maximum Gasteiger partial charge on any atom is 0.123 e. The molecule has 0 saturated carbocycles. The van der Waals surface area contributed by atoms with Crippen LogP contribution in [0.25, 0.3) is 0 Å². The van der Waals surface area contributed by atoms with E-state index in [1.807, 2.05) is 13.0 Å². The van der Waals surface area contributed by atoms with Crippen LogP contribution in [0.1, 0.15) is 30.5 Å². The third-order valence-electron chi connectivity index (χ3n) is 6.54. The maximum absolute atomic E-state index is 9.71. The standard InChI is InChI=1S/C25H36N4O2/c1-2-31-24-11-7-6-10-21(24)18-29-14-13-28(19-23(29)12-15-30)17-22-16-26-27-25(22)20-8-4-3-5-9-20/h3-11,22-23,25-27,30H,2,12-19H2,1H3. The van der Waals surface area contributed by atoms with Crippen molar-refractivity contribution in [3.8, 4) is 5.75 Å². The summed E-state index contributed by atoms with van der Waals surface area (Å²) in [6, 6.07) is 19.7. The minimum Gasteiger partial charge on any atom is -0.494 e. The third-order valence-corrected chi connectivity index (χ3v) is 6.54. The molecule has 2 aliphatic heterocycles. The van der Waals surface area contributed by atoms with Crippen LogP contribution in [0.15, 0.2) is 54.6 Å². The number of nitrogens with one attached hydrogen (secondary N) is 2. The average molecular weight is 425 g/mol. The fourth-order valence-corrected chi connectivity index (χ4v) is 4.96. The highest BCUT2D eigenvalue weighted by molar-refractivity contribution is 5.33. The van der Waals surface area contributed by atoms with Gasteiger partial charge in [-0.15, -0.1) is 0 Å². The first kappa shape index (κ1) is 22.2. The summed E-state index contributed by atoms with van der Waals surface area (Å²) in [6.07, 6.45) is 0.802. The molecule has 0 aromatic heterocycles. The number of hydrogen-bond donors (Lipinski definition) is 3. The Bertz CT molecular complexity index is 803. The largest absolute Gasteiger partial charge is 0.494 e. The Morgan fingerprint density at radius 1 is 1.06 bits per heavy atom. The average Bonchev–Trinajstić information content (AvgIpc) is 3.26. The lowest BCUT2D eigenvalue weighted by molar-refractivity contribution is 0.0452. The van der Waals surface area contributed by atoms with Crippen LogP contribution in [0, 0.1) is 5.92 Å². The zero-order valence-corrected chi connectivity index (χ0v) is 18.5. The van der Waals surface area contributed by atoms with Gasteiger partial charge in [-0.25, -0.2) is 5.43 Å². The Morgan fingerprint density at radius 2 is 1.87 bits per heavy atom. The molecule has 6 heteroatoms. The first-order valence-electron chi connectivity index (χ1n) is 11.6. The highest BCUT2D eigenvalue weighted by Crippen LogP contribution is 2.28. The van der Waals surface area contributed by atoms with E-state index in [0.717, 1.165) is 51.4 Å².